The predicted octanol–water partition coefficient (Wildman–Crippen LogP) is 3.01. The monoisotopic (exact) mass is 282 g/mol. The van der Waals surface area contributed by atoms with Gasteiger partial charge in [0.15, 0.2) is 0 Å². The standard InChI is InChI=1S/C17H18N2O2/c1-12-11-13(7-8-14(12)18)17(20)19-9-4-10-21-16-6-3-2-5-15(16)19/h2-3,5-8,11H,4,9-10,18H2,1H3. The van der Waals surface area contributed by atoms with Gasteiger partial charge in [-0.1, -0.05) is 12.1 Å². The lowest BCUT2D eigenvalue weighted by atomic mass is 10.1. The molecule has 1 aliphatic heterocycles. The summed E-state index contributed by atoms with van der Waals surface area (Å²) in [7, 11) is 0. The molecule has 0 aliphatic carbocycles. The lowest BCUT2D eigenvalue weighted by Gasteiger charge is -2.22. The molecule has 0 spiro atoms. The average Bonchev–Trinajstić information content (AvgIpc) is 2.71. The van der Waals surface area contributed by atoms with Crippen molar-refractivity contribution in [1.82, 2.24) is 0 Å². The van der Waals surface area contributed by atoms with Crippen LogP contribution in [-0.2, 0) is 0 Å². The van der Waals surface area contributed by atoms with Crippen LogP contribution >= 0.6 is 0 Å². The molecular weight excluding hydrogens is 264 g/mol. The number of aryl methyl sites for hydroxylation is 1. The Morgan fingerprint density at radius 3 is 2.86 bits per heavy atom. The topological polar surface area (TPSA) is 55.6 Å². The first-order chi connectivity index (χ1) is 10.2. The second kappa shape index (κ2) is 5.48. The van der Waals surface area contributed by atoms with Crippen molar-refractivity contribution < 1.29 is 9.53 Å². The number of hydrogen-bond donors (Lipinski definition) is 1. The molecule has 0 fully saturated rings. The number of fused-ring (bicyclic) bond motifs is 1. The summed E-state index contributed by atoms with van der Waals surface area (Å²) in [5.41, 5.74) is 8.92. The smallest absolute Gasteiger partial charge is 0.258 e. The number of rotatable bonds is 1. The summed E-state index contributed by atoms with van der Waals surface area (Å²) in [5, 5.41) is 0. The molecule has 2 N–H and O–H groups in total. The fourth-order valence-electron chi connectivity index (χ4n) is 2.50. The highest BCUT2D eigenvalue weighted by Gasteiger charge is 2.23. The first-order valence-electron chi connectivity index (χ1n) is 7.06. The third-order valence-corrected chi connectivity index (χ3v) is 3.70. The lowest BCUT2D eigenvalue weighted by molar-refractivity contribution is 0.0987. The van der Waals surface area contributed by atoms with Crippen LogP contribution in [0.3, 0.4) is 0 Å². The zero-order chi connectivity index (χ0) is 14.8. The van der Waals surface area contributed by atoms with Gasteiger partial charge in [-0.25, -0.2) is 0 Å². The van der Waals surface area contributed by atoms with E-state index < -0.39 is 0 Å². The van der Waals surface area contributed by atoms with E-state index in [2.05, 4.69) is 0 Å². The summed E-state index contributed by atoms with van der Waals surface area (Å²) in [4.78, 5) is 14.6. The van der Waals surface area contributed by atoms with Crippen molar-refractivity contribution >= 4 is 17.3 Å². The first kappa shape index (κ1) is 13.5. The SMILES string of the molecule is Cc1cc(C(=O)N2CCCOc3ccccc32)ccc1N. The molecule has 3 rings (SSSR count). The van der Waals surface area contributed by atoms with Crippen molar-refractivity contribution in [2.45, 2.75) is 13.3 Å². The van der Waals surface area contributed by atoms with Crippen molar-refractivity contribution in [3.8, 4) is 5.75 Å². The number of carbonyl (C=O) groups is 1. The van der Waals surface area contributed by atoms with E-state index in [0.29, 0.717) is 24.4 Å². The van der Waals surface area contributed by atoms with Crippen LogP contribution in [0.15, 0.2) is 42.5 Å². The molecule has 1 amide bonds. The van der Waals surface area contributed by atoms with Crippen LogP contribution < -0.4 is 15.4 Å². The maximum Gasteiger partial charge on any atom is 0.258 e. The number of carbonyl (C=O) groups excluding carboxylic acids is 1. The fourth-order valence-corrected chi connectivity index (χ4v) is 2.50. The Balaban J connectivity index is 1.99. The zero-order valence-electron chi connectivity index (χ0n) is 12.0. The number of nitrogens with zero attached hydrogens (tertiary/aromatic N) is 1. The third kappa shape index (κ3) is 2.57. The molecule has 0 atom stereocenters. The molecule has 0 bridgehead atoms. The molecule has 108 valence electrons. The van der Waals surface area contributed by atoms with Crippen LogP contribution in [0.2, 0.25) is 0 Å². The fraction of sp³-hybridized carbons (Fsp3) is 0.235. The van der Waals surface area contributed by atoms with Gasteiger partial charge in [-0.05, 0) is 49.2 Å². The van der Waals surface area contributed by atoms with E-state index in [4.69, 9.17) is 10.5 Å². The maximum atomic E-state index is 12.8. The molecule has 2 aromatic rings. The van der Waals surface area contributed by atoms with Gasteiger partial charge < -0.3 is 15.4 Å². The number of benzene rings is 2. The van der Waals surface area contributed by atoms with Gasteiger partial charge in [-0.15, -0.1) is 0 Å². The molecule has 0 unspecified atom stereocenters. The summed E-state index contributed by atoms with van der Waals surface area (Å²) in [6.45, 7) is 3.19. The number of nitrogen functional groups attached to an aromatic ring is 1. The van der Waals surface area contributed by atoms with Crippen molar-refractivity contribution in [3.05, 3.63) is 53.6 Å². The molecule has 0 saturated heterocycles. The third-order valence-electron chi connectivity index (χ3n) is 3.70. The average molecular weight is 282 g/mol. The summed E-state index contributed by atoms with van der Waals surface area (Å²) < 4.78 is 5.69. The molecule has 21 heavy (non-hydrogen) atoms. The van der Waals surface area contributed by atoms with Gasteiger partial charge >= 0.3 is 0 Å². The lowest BCUT2D eigenvalue weighted by Crippen LogP contribution is -2.31. The predicted molar refractivity (Wildman–Crippen MR) is 83.8 cm³/mol. The quantitative estimate of drug-likeness (QED) is 0.818. The van der Waals surface area contributed by atoms with Gasteiger partial charge in [0.1, 0.15) is 5.75 Å². The summed E-state index contributed by atoms with van der Waals surface area (Å²) in [6, 6.07) is 13.0. The van der Waals surface area contributed by atoms with Crippen LogP contribution in [0.4, 0.5) is 11.4 Å². The van der Waals surface area contributed by atoms with Crippen molar-refractivity contribution in [3.63, 3.8) is 0 Å². The molecule has 1 heterocycles. The van der Waals surface area contributed by atoms with Gasteiger partial charge in [0, 0.05) is 17.8 Å². The Bertz CT molecular complexity index is 682. The Morgan fingerprint density at radius 2 is 2.05 bits per heavy atom. The number of hydrogen-bond acceptors (Lipinski definition) is 3. The zero-order valence-corrected chi connectivity index (χ0v) is 12.0. The number of nitrogens with two attached hydrogens (primary N) is 1. The van der Waals surface area contributed by atoms with Crippen LogP contribution in [0.5, 0.6) is 5.75 Å². The number of amides is 1. The second-order valence-electron chi connectivity index (χ2n) is 5.20. The maximum absolute atomic E-state index is 12.8. The van der Waals surface area contributed by atoms with Crippen molar-refractivity contribution in [2.75, 3.05) is 23.8 Å². The number of anilines is 2. The van der Waals surface area contributed by atoms with E-state index >= 15 is 0 Å². The molecule has 0 radical (unpaired) electrons. The second-order valence-corrected chi connectivity index (χ2v) is 5.20. The highest BCUT2D eigenvalue weighted by Crippen LogP contribution is 2.31. The van der Waals surface area contributed by atoms with E-state index in [0.717, 1.165) is 23.4 Å². The Morgan fingerprint density at radius 1 is 1.24 bits per heavy atom. The van der Waals surface area contributed by atoms with Crippen molar-refractivity contribution in [1.29, 1.82) is 0 Å². The van der Waals surface area contributed by atoms with Gasteiger partial charge in [0.05, 0.1) is 12.3 Å². The van der Waals surface area contributed by atoms with E-state index in [1.807, 2.05) is 37.3 Å². The summed E-state index contributed by atoms with van der Waals surface area (Å²) in [6.07, 6.45) is 0.814. The Labute approximate surface area is 124 Å². The molecule has 2 aromatic carbocycles. The minimum absolute atomic E-state index is 0.0175. The van der Waals surface area contributed by atoms with Crippen LogP contribution in [0.1, 0.15) is 22.3 Å². The van der Waals surface area contributed by atoms with E-state index in [-0.39, 0.29) is 5.91 Å². The van der Waals surface area contributed by atoms with E-state index in [1.165, 1.54) is 0 Å². The summed E-state index contributed by atoms with van der Waals surface area (Å²) in [5.74, 6) is 0.742. The number of para-hydroxylation sites is 2. The van der Waals surface area contributed by atoms with Crippen molar-refractivity contribution in [2.24, 2.45) is 0 Å². The number of ether oxygens (including phenoxy) is 1. The highest BCUT2D eigenvalue weighted by atomic mass is 16.5. The van der Waals surface area contributed by atoms with Gasteiger partial charge in [-0.3, -0.25) is 4.79 Å². The highest BCUT2D eigenvalue weighted by molar-refractivity contribution is 6.07. The molecule has 4 nitrogen and oxygen atoms in total. The molecule has 1 aliphatic rings. The first-order valence-corrected chi connectivity index (χ1v) is 7.06. The Kier molecular flexibility index (Phi) is 3.52. The van der Waals surface area contributed by atoms with E-state index in [1.54, 1.807) is 17.0 Å². The normalized spacial score (nSPS) is 14.0. The van der Waals surface area contributed by atoms with Crippen LogP contribution in [0, 0.1) is 6.92 Å². The van der Waals surface area contributed by atoms with Gasteiger partial charge in [0.25, 0.3) is 5.91 Å². The van der Waals surface area contributed by atoms with E-state index in [9.17, 15) is 4.79 Å². The molecule has 4 heteroatoms. The minimum atomic E-state index is -0.0175. The molecule has 0 saturated carbocycles. The van der Waals surface area contributed by atoms with Gasteiger partial charge in [-0.2, -0.15) is 0 Å². The Hall–Kier alpha value is -2.49. The van der Waals surface area contributed by atoms with Crippen LogP contribution in [0.25, 0.3) is 0 Å². The largest absolute Gasteiger partial charge is 0.491 e. The molecule has 0 aromatic heterocycles. The van der Waals surface area contributed by atoms with Gasteiger partial charge in [0.2, 0.25) is 0 Å². The molecular formula is C17H18N2O2. The summed E-state index contributed by atoms with van der Waals surface area (Å²) >= 11 is 0. The minimum Gasteiger partial charge on any atom is -0.491 e. The van der Waals surface area contributed by atoms with Crippen LogP contribution in [-0.4, -0.2) is 19.1 Å².